The Hall–Kier alpha value is -0.520. The maximum absolute atomic E-state index is 3.93. The van der Waals surface area contributed by atoms with Crippen LogP contribution in [0.5, 0.6) is 0 Å². The Morgan fingerprint density at radius 3 is 2.40 bits per heavy atom. The van der Waals surface area contributed by atoms with Crippen LogP contribution in [0.25, 0.3) is 0 Å². The molecule has 1 aliphatic rings. The van der Waals surface area contributed by atoms with Crippen LogP contribution < -0.4 is 0 Å². The third-order valence-corrected chi connectivity index (χ3v) is 4.20. The van der Waals surface area contributed by atoms with Gasteiger partial charge in [0.15, 0.2) is 0 Å². The van der Waals surface area contributed by atoms with Crippen molar-refractivity contribution in [3.63, 3.8) is 0 Å². The van der Waals surface area contributed by atoms with Gasteiger partial charge in [0.25, 0.3) is 0 Å². The van der Waals surface area contributed by atoms with E-state index in [1.807, 2.05) is 0 Å². The normalized spacial score (nSPS) is 34.7. The zero-order chi connectivity index (χ0) is 11.4. The van der Waals surface area contributed by atoms with Crippen LogP contribution in [0, 0.1) is 29.6 Å². The SMILES string of the molecule is C=CC(C)CC1CC(C)C(C(C)C=C)C1. The number of allylic oxidation sites excluding steroid dienone is 2. The molecule has 0 N–H and O–H groups in total. The fourth-order valence-corrected chi connectivity index (χ4v) is 3.14. The molecule has 5 atom stereocenters. The largest absolute Gasteiger partial charge is 0.103 e. The van der Waals surface area contributed by atoms with Gasteiger partial charge < -0.3 is 0 Å². The van der Waals surface area contributed by atoms with Crippen molar-refractivity contribution in [2.75, 3.05) is 0 Å². The molecule has 0 heteroatoms. The standard InChI is InChI=1S/C15H26/c1-6-11(3)8-14-9-13(5)15(10-14)12(4)7-2/h6-7,11-15H,1-2,8-10H2,3-5H3. The molecule has 0 saturated heterocycles. The molecular weight excluding hydrogens is 180 g/mol. The molecule has 1 fully saturated rings. The van der Waals surface area contributed by atoms with Gasteiger partial charge in [0.1, 0.15) is 0 Å². The third-order valence-electron chi connectivity index (χ3n) is 4.20. The molecule has 0 bridgehead atoms. The van der Waals surface area contributed by atoms with Crippen LogP contribution >= 0.6 is 0 Å². The predicted octanol–water partition coefficient (Wildman–Crippen LogP) is 4.68. The maximum atomic E-state index is 3.93. The van der Waals surface area contributed by atoms with Crippen LogP contribution in [0.1, 0.15) is 40.0 Å². The highest BCUT2D eigenvalue weighted by molar-refractivity contribution is 4.91. The molecule has 0 aromatic rings. The molecule has 86 valence electrons. The van der Waals surface area contributed by atoms with Crippen LogP contribution in [0.2, 0.25) is 0 Å². The highest BCUT2D eigenvalue weighted by atomic mass is 14.4. The van der Waals surface area contributed by atoms with Crippen LogP contribution in [-0.4, -0.2) is 0 Å². The minimum Gasteiger partial charge on any atom is -0.103 e. The van der Waals surface area contributed by atoms with Gasteiger partial charge in [0.05, 0.1) is 0 Å². The zero-order valence-electron chi connectivity index (χ0n) is 10.6. The summed E-state index contributed by atoms with van der Waals surface area (Å²) in [4.78, 5) is 0. The molecule has 1 aliphatic carbocycles. The first kappa shape index (κ1) is 12.5. The third kappa shape index (κ3) is 3.22. The molecule has 0 amide bonds. The summed E-state index contributed by atoms with van der Waals surface area (Å²) in [5, 5.41) is 0. The Bertz CT molecular complexity index is 216. The maximum Gasteiger partial charge on any atom is -0.0234 e. The van der Waals surface area contributed by atoms with Crippen LogP contribution in [0.15, 0.2) is 25.3 Å². The summed E-state index contributed by atoms with van der Waals surface area (Å²) in [6.45, 7) is 14.8. The zero-order valence-corrected chi connectivity index (χ0v) is 10.6. The lowest BCUT2D eigenvalue weighted by Gasteiger charge is -2.20. The molecular formula is C15H26. The van der Waals surface area contributed by atoms with Gasteiger partial charge >= 0.3 is 0 Å². The topological polar surface area (TPSA) is 0 Å². The van der Waals surface area contributed by atoms with E-state index in [-0.39, 0.29) is 0 Å². The Balaban J connectivity index is 2.48. The summed E-state index contributed by atoms with van der Waals surface area (Å²) in [7, 11) is 0. The Morgan fingerprint density at radius 2 is 1.87 bits per heavy atom. The van der Waals surface area contributed by atoms with E-state index in [2.05, 4.69) is 46.1 Å². The van der Waals surface area contributed by atoms with Gasteiger partial charge in [-0.2, -0.15) is 0 Å². The second-order valence-electron chi connectivity index (χ2n) is 5.52. The molecule has 15 heavy (non-hydrogen) atoms. The molecule has 0 nitrogen and oxygen atoms in total. The fraction of sp³-hybridized carbons (Fsp3) is 0.733. The molecule has 0 spiro atoms. The van der Waals surface area contributed by atoms with Crippen molar-refractivity contribution < 1.29 is 0 Å². The first-order chi connectivity index (χ1) is 7.08. The van der Waals surface area contributed by atoms with E-state index in [0.717, 1.165) is 17.8 Å². The van der Waals surface area contributed by atoms with Gasteiger partial charge in [-0.05, 0) is 48.9 Å². The minimum atomic E-state index is 0.681. The van der Waals surface area contributed by atoms with Crippen molar-refractivity contribution in [3.05, 3.63) is 25.3 Å². The van der Waals surface area contributed by atoms with Crippen molar-refractivity contribution in [1.29, 1.82) is 0 Å². The first-order valence-corrected chi connectivity index (χ1v) is 6.33. The van der Waals surface area contributed by atoms with E-state index in [9.17, 15) is 0 Å². The summed E-state index contributed by atoms with van der Waals surface area (Å²) >= 11 is 0. The average Bonchev–Trinajstić information content (AvgIpc) is 2.58. The monoisotopic (exact) mass is 206 g/mol. The lowest BCUT2D eigenvalue weighted by Crippen LogP contribution is -2.12. The van der Waals surface area contributed by atoms with Crippen LogP contribution in [0.4, 0.5) is 0 Å². The molecule has 5 unspecified atom stereocenters. The van der Waals surface area contributed by atoms with E-state index in [4.69, 9.17) is 0 Å². The molecule has 0 aromatic heterocycles. The van der Waals surface area contributed by atoms with Crippen molar-refractivity contribution in [2.45, 2.75) is 40.0 Å². The summed E-state index contributed by atoms with van der Waals surface area (Å²) in [5.41, 5.74) is 0. The highest BCUT2D eigenvalue weighted by Gasteiger charge is 2.33. The van der Waals surface area contributed by atoms with Crippen molar-refractivity contribution in [3.8, 4) is 0 Å². The fourth-order valence-electron chi connectivity index (χ4n) is 3.14. The molecule has 0 aliphatic heterocycles. The summed E-state index contributed by atoms with van der Waals surface area (Å²) in [6.07, 6.45) is 8.34. The molecule has 1 saturated carbocycles. The van der Waals surface area contributed by atoms with Gasteiger partial charge in [-0.3, -0.25) is 0 Å². The molecule has 0 heterocycles. The van der Waals surface area contributed by atoms with Gasteiger partial charge in [-0.1, -0.05) is 32.9 Å². The van der Waals surface area contributed by atoms with Gasteiger partial charge in [0.2, 0.25) is 0 Å². The predicted molar refractivity (Wildman–Crippen MR) is 68.7 cm³/mol. The smallest absolute Gasteiger partial charge is 0.0234 e. The molecule has 0 radical (unpaired) electrons. The van der Waals surface area contributed by atoms with Crippen LogP contribution in [0.3, 0.4) is 0 Å². The lowest BCUT2D eigenvalue weighted by molar-refractivity contribution is 0.337. The van der Waals surface area contributed by atoms with E-state index >= 15 is 0 Å². The van der Waals surface area contributed by atoms with E-state index < -0.39 is 0 Å². The Morgan fingerprint density at radius 1 is 1.20 bits per heavy atom. The summed E-state index contributed by atoms with van der Waals surface area (Å²) < 4.78 is 0. The van der Waals surface area contributed by atoms with Gasteiger partial charge in [0, 0.05) is 0 Å². The molecule has 1 rings (SSSR count). The second-order valence-corrected chi connectivity index (χ2v) is 5.52. The van der Waals surface area contributed by atoms with E-state index in [1.165, 1.54) is 19.3 Å². The average molecular weight is 206 g/mol. The van der Waals surface area contributed by atoms with Crippen molar-refractivity contribution in [1.82, 2.24) is 0 Å². The lowest BCUT2D eigenvalue weighted by atomic mass is 9.86. The number of rotatable bonds is 5. The van der Waals surface area contributed by atoms with Crippen LogP contribution in [-0.2, 0) is 0 Å². The summed E-state index contributed by atoms with van der Waals surface area (Å²) in [6, 6.07) is 0. The van der Waals surface area contributed by atoms with Gasteiger partial charge in [-0.15, -0.1) is 13.2 Å². The van der Waals surface area contributed by atoms with Crippen molar-refractivity contribution >= 4 is 0 Å². The van der Waals surface area contributed by atoms with E-state index in [1.54, 1.807) is 0 Å². The van der Waals surface area contributed by atoms with Gasteiger partial charge in [-0.25, -0.2) is 0 Å². The highest BCUT2D eigenvalue weighted by Crippen LogP contribution is 2.43. The Kier molecular flexibility index (Phi) is 4.63. The van der Waals surface area contributed by atoms with E-state index in [0.29, 0.717) is 11.8 Å². The number of hydrogen-bond acceptors (Lipinski definition) is 0. The molecule has 0 aromatic carbocycles. The quantitative estimate of drug-likeness (QED) is 0.573. The van der Waals surface area contributed by atoms with Crippen molar-refractivity contribution in [2.24, 2.45) is 29.6 Å². The second kappa shape index (κ2) is 5.53. The minimum absolute atomic E-state index is 0.681. The Labute approximate surface area is 95.5 Å². The first-order valence-electron chi connectivity index (χ1n) is 6.33. The number of hydrogen-bond donors (Lipinski definition) is 0. The summed E-state index contributed by atoms with van der Waals surface area (Å²) in [5.74, 6) is 4.02.